The average molecular weight is 1130 g/mol. The van der Waals surface area contributed by atoms with Crippen molar-refractivity contribution >= 4 is 11.9 Å². The minimum atomic E-state index is -0.0582. The van der Waals surface area contributed by atoms with Gasteiger partial charge in [-0.05, 0) is 281 Å². The van der Waals surface area contributed by atoms with E-state index in [9.17, 15) is 9.59 Å². The molecule has 10 rings (SSSR count). The van der Waals surface area contributed by atoms with E-state index in [1.807, 2.05) is 24.3 Å². The van der Waals surface area contributed by atoms with Crippen molar-refractivity contribution in [2.24, 2.45) is 105 Å². The van der Waals surface area contributed by atoms with Crippen LogP contribution in [0.3, 0.4) is 0 Å². The lowest BCUT2D eigenvalue weighted by atomic mass is 9.44. The molecule has 0 radical (unpaired) electrons. The smallest absolute Gasteiger partial charge is 0.306 e. The van der Waals surface area contributed by atoms with Gasteiger partial charge in [0.05, 0.1) is 13.2 Å². The van der Waals surface area contributed by atoms with Gasteiger partial charge in [0.15, 0.2) is 0 Å². The number of unbranched alkanes of at least 4 members (excludes halogenated alkanes) is 2. The molecule has 0 bridgehead atoms. The van der Waals surface area contributed by atoms with E-state index in [1.165, 1.54) is 128 Å². The molecule has 2 unspecified atom stereocenters. The second kappa shape index (κ2) is 26.9. The average Bonchev–Trinajstić information content (AvgIpc) is 2.17. The summed E-state index contributed by atoms with van der Waals surface area (Å²) in [6.45, 7) is 26.6. The van der Waals surface area contributed by atoms with Gasteiger partial charge in [-0.2, -0.15) is 0 Å². The van der Waals surface area contributed by atoms with Crippen LogP contribution in [0.1, 0.15) is 262 Å². The highest BCUT2D eigenvalue weighted by Gasteiger charge is 2.62. The topological polar surface area (TPSA) is 71.1 Å². The maximum absolute atomic E-state index is 13.2. The van der Waals surface area contributed by atoms with Crippen molar-refractivity contribution in [2.45, 2.75) is 274 Å². The Morgan fingerprint density at radius 2 is 0.829 bits per heavy atom. The standard InChI is InChI=1S/C76H118O6/c1-51(2)17-14-19-53(5)65-35-37-67-63-33-27-57-49-61(39-43-73(57,7)69(63)41-45-75(65,67)9)81-71(77)21-12-11-13-47-79-59-29-23-55(24-30-59)56-25-31-60(32-26-56)80-48-16-22-72(78)82-62-40-44-74(8)58(50-62)28-34-64-68-38-36-66(54(6)20-15-18-52(3)4)76(68,10)46-42-70(64)74/h23-26,29-32,51-54,57-58,61-70H,11-22,27-28,33-50H2,1-10H3/t53-,54-,57?,58?,61+,62+,63+,64+,65-,66-,67+,68+,69+,70+,73+,74+,75-,76-/m1/s1. The van der Waals surface area contributed by atoms with Gasteiger partial charge >= 0.3 is 11.9 Å². The lowest BCUT2D eigenvalue weighted by molar-refractivity contribution is -0.163. The molecule has 0 amide bonds. The van der Waals surface area contributed by atoms with Crippen LogP contribution in [0.5, 0.6) is 11.5 Å². The highest BCUT2D eigenvalue weighted by atomic mass is 16.5. The van der Waals surface area contributed by atoms with Crippen LogP contribution in [0, 0.1) is 105 Å². The SMILES string of the molecule is CC(C)CCC[C@@H](C)[C@H]1CC[C@H]2[C@@H]3CCC4C[C@@H](OC(=O)CCCCCOc5ccc(-c6ccc(OCCCC(=O)O[C@H]7CC[C@@]8(C)C(CC[C@H]9[C@@H]%10CC[C@H]([C@H](C)CCCC(C)C)[C@@]%10(C)CC[C@@H]98)C7)cc6)cc5)CC[C@]4(C)[C@H]3CC[C@]12C. The number of ether oxygens (including phenoxy) is 4. The molecule has 2 aromatic carbocycles. The van der Waals surface area contributed by atoms with Crippen molar-refractivity contribution in [3.05, 3.63) is 48.5 Å². The molecular formula is C76H118O6. The molecule has 6 nitrogen and oxygen atoms in total. The summed E-state index contributed by atoms with van der Waals surface area (Å²) in [7, 11) is 0. The predicted octanol–water partition coefficient (Wildman–Crippen LogP) is 20.5. The highest BCUT2D eigenvalue weighted by Crippen LogP contribution is 2.70. The first-order valence-corrected chi connectivity index (χ1v) is 35.2. The molecule has 82 heavy (non-hydrogen) atoms. The first-order chi connectivity index (χ1) is 39.4. The predicted molar refractivity (Wildman–Crippen MR) is 336 cm³/mol. The van der Waals surface area contributed by atoms with Gasteiger partial charge < -0.3 is 18.9 Å². The summed E-state index contributed by atoms with van der Waals surface area (Å²) >= 11 is 0. The molecule has 8 aliphatic carbocycles. The van der Waals surface area contributed by atoms with Crippen molar-refractivity contribution in [3.63, 3.8) is 0 Å². The number of fused-ring (bicyclic) bond motifs is 10. The second-order valence-electron chi connectivity index (χ2n) is 31.8. The summed E-state index contributed by atoms with van der Waals surface area (Å²) in [5.74, 6) is 13.6. The summed E-state index contributed by atoms with van der Waals surface area (Å²) in [5, 5.41) is 0. The van der Waals surface area contributed by atoms with Crippen molar-refractivity contribution in [2.75, 3.05) is 13.2 Å². The van der Waals surface area contributed by atoms with Crippen molar-refractivity contribution in [1.82, 2.24) is 0 Å². The molecule has 0 aliphatic heterocycles. The van der Waals surface area contributed by atoms with E-state index < -0.39 is 0 Å². The number of rotatable bonds is 25. The van der Waals surface area contributed by atoms with Gasteiger partial charge in [-0.3, -0.25) is 9.59 Å². The first-order valence-electron chi connectivity index (χ1n) is 35.2. The molecule has 0 saturated heterocycles. The maximum atomic E-state index is 13.2. The van der Waals surface area contributed by atoms with Gasteiger partial charge in [0.2, 0.25) is 0 Å². The van der Waals surface area contributed by atoms with Crippen LogP contribution in [0.25, 0.3) is 11.1 Å². The zero-order chi connectivity index (χ0) is 57.8. The third kappa shape index (κ3) is 13.6. The van der Waals surface area contributed by atoms with Gasteiger partial charge in [-0.25, -0.2) is 0 Å². The summed E-state index contributed by atoms with van der Waals surface area (Å²) in [4.78, 5) is 26.3. The quantitative estimate of drug-likeness (QED) is 0.0729. The van der Waals surface area contributed by atoms with Gasteiger partial charge in [0.25, 0.3) is 0 Å². The number of benzene rings is 2. The summed E-state index contributed by atoms with van der Waals surface area (Å²) in [6.07, 6.45) is 36.5. The largest absolute Gasteiger partial charge is 0.494 e. The Hall–Kier alpha value is -3.02. The van der Waals surface area contributed by atoms with E-state index in [2.05, 4.69) is 93.5 Å². The zero-order valence-electron chi connectivity index (χ0n) is 53.9. The fraction of sp³-hybridized carbons (Fsp3) is 0.816. The molecule has 0 aromatic heterocycles. The number of carbonyl (C=O) groups excluding carboxylic acids is 2. The van der Waals surface area contributed by atoms with E-state index in [4.69, 9.17) is 18.9 Å². The summed E-state index contributed by atoms with van der Waals surface area (Å²) in [5.41, 5.74) is 4.16. The molecule has 0 heterocycles. The van der Waals surface area contributed by atoms with Crippen LogP contribution >= 0.6 is 0 Å². The fourth-order valence-corrected chi connectivity index (χ4v) is 21.8. The van der Waals surface area contributed by atoms with Crippen LogP contribution in [0.4, 0.5) is 0 Å². The van der Waals surface area contributed by atoms with Gasteiger partial charge in [-0.1, -0.05) is 132 Å². The van der Waals surface area contributed by atoms with Crippen LogP contribution in [-0.4, -0.2) is 37.4 Å². The van der Waals surface area contributed by atoms with Crippen LogP contribution in [0.15, 0.2) is 48.5 Å². The van der Waals surface area contributed by atoms with Crippen molar-refractivity contribution in [3.8, 4) is 22.6 Å². The molecule has 0 spiro atoms. The normalized spacial score (nSPS) is 37.4. The Bertz CT molecular complexity index is 2360. The molecule has 8 saturated carbocycles. The summed E-state index contributed by atoms with van der Waals surface area (Å²) < 4.78 is 24.7. The lowest BCUT2D eigenvalue weighted by Crippen LogP contribution is -2.54. The third-order valence-corrected chi connectivity index (χ3v) is 26.4. The molecular weight excluding hydrogens is 1010 g/mol. The molecule has 18 atom stereocenters. The molecule has 2 aromatic rings. The van der Waals surface area contributed by atoms with Gasteiger partial charge in [-0.15, -0.1) is 0 Å². The fourth-order valence-electron chi connectivity index (χ4n) is 21.8. The molecule has 8 aliphatic rings. The third-order valence-electron chi connectivity index (χ3n) is 26.4. The van der Waals surface area contributed by atoms with E-state index in [1.54, 1.807) is 0 Å². The Morgan fingerprint density at radius 1 is 0.427 bits per heavy atom. The molecule has 458 valence electrons. The minimum Gasteiger partial charge on any atom is -0.494 e. The summed E-state index contributed by atoms with van der Waals surface area (Å²) in [6, 6.07) is 16.6. The Kier molecular flexibility index (Phi) is 20.4. The van der Waals surface area contributed by atoms with E-state index in [-0.39, 0.29) is 24.1 Å². The Balaban J connectivity index is 0.569. The second-order valence-corrected chi connectivity index (χ2v) is 31.8. The van der Waals surface area contributed by atoms with E-state index in [0.29, 0.717) is 66.0 Å². The number of hydrogen-bond acceptors (Lipinski definition) is 6. The molecule has 8 fully saturated rings. The Labute approximate surface area is 501 Å². The maximum Gasteiger partial charge on any atom is 0.306 e. The number of carbonyl (C=O) groups is 2. The van der Waals surface area contributed by atoms with E-state index in [0.717, 1.165) is 139 Å². The number of hydrogen-bond donors (Lipinski definition) is 0. The monoisotopic (exact) mass is 1130 g/mol. The van der Waals surface area contributed by atoms with Crippen molar-refractivity contribution in [1.29, 1.82) is 0 Å². The lowest BCUT2D eigenvalue weighted by Gasteiger charge is -2.61. The van der Waals surface area contributed by atoms with Gasteiger partial charge in [0.1, 0.15) is 23.7 Å². The number of esters is 2. The zero-order valence-corrected chi connectivity index (χ0v) is 53.9. The minimum absolute atomic E-state index is 0.00178. The van der Waals surface area contributed by atoms with E-state index >= 15 is 0 Å². The van der Waals surface area contributed by atoms with Crippen molar-refractivity contribution < 1.29 is 28.5 Å². The molecule has 6 heteroatoms. The van der Waals surface area contributed by atoms with Crippen LogP contribution < -0.4 is 9.47 Å². The van der Waals surface area contributed by atoms with Crippen LogP contribution in [0.2, 0.25) is 0 Å². The first kappa shape index (κ1) is 62.0. The van der Waals surface area contributed by atoms with Crippen LogP contribution in [-0.2, 0) is 19.1 Å². The highest BCUT2D eigenvalue weighted by molar-refractivity contribution is 5.70. The van der Waals surface area contributed by atoms with Gasteiger partial charge in [0, 0.05) is 12.8 Å². The molecule has 0 N–H and O–H groups in total. The Morgan fingerprint density at radius 3 is 1.27 bits per heavy atom.